The van der Waals surface area contributed by atoms with Gasteiger partial charge in [0, 0.05) is 20.1 Å². The number of hydrogen-bond donors (Lipinski definition) is 0. The first-order valence-electron chi connectivity index (χ1n) is 12.6. The van der Waals surface area contributed by atoms with Crippen molar-refractivity contribution in [1.29, 1.82) is 0 Å². The van der Waals surface area contributed by atoms with Crippen molar-refractivity contribution in [3.05, 3.63) is 76.9 Å². The Kier molecular flexibility index (Phi) is 12.5. The lowest BCUT2D eigenvalue weighted by Crippen LogP contribution is -2.15. The van der Waals surface area contributed by atoms with Crippen molar-refractivity contribution in [2.75, 3.05) is 80.6 Å². The van der Waals surface area contributed by atoms with Gasteiger partial charge in [0.05, 0.1) is 59.0 Å². The molecule has 0 spiro atoms. The molecule has 0 saturated carbocycles. The average Bonchev–Trinajstić information content (AvgIpc) is 2.99. The van der Waals surface area contributed by atoms with Crippen molar-refractivity contribution >= 4 is 5.57 Å². The smallest absolute Gasteiger partial charge is 0.0872 e. The Balaban J connectivity index is 1.53. The van der Waals surface area contributed by atoms with Crippen molar-refractivity contribution in [3.8, 4) is 0 Å². The van der Waals surface area contributed by atoms with Crippen LogP contribution in [-0.2, 0) is 30.1 Å². The molecule has 0 amide bonds. The molecule has 0 radical (unpaired) electrons. The highest BCUT2D eigenvalue weighted by Crippen LogP contribution is 2.39. The predicted molar refractivity (Wildman–Crippen MR) is 140 cm³/mol. The van der Waals surface area contributed by atoms with Crippen LogP contribution in [0.2, 0.25) is 0 Å². The first kappa shape index (κ1) is 27.5. The van der Waals surface area contributed by atoms with Crippen molar-refractivity contribution < 1.29 is 23.7 Å². The van der Waals surface area contributed by atoms with Gasteiger partial charge < -0.3 is 28.6 Å². The predicted octanol–water partition coefficient (Wildman–Crippen LogP) is 4.38. The van der Waals surface area contributed by atoms with Crippen LogP contribution in [0.4, 0.5) is 0 Å². The summed E-state index contributed by atoms with van der Waals surface area (Å²) >= 11 is 0. The van der Waals surface area contributed by atoms with Crippen LogP contribution in [0, 0.1) is 0 Å². The SMILES string of the molecule is COCCOCCOCCOCCO[C@H]1Cc2ccccc2/C(=C/CCN(C)C)c2ccccc21. The fraction of sp³-hybridized carbons (Fsp3) is 0.517. The van der Waals surface area contributed by atoms with Gasteiger partial charge >= 0.3 is 0 Å². The van der Waals surface area contributed by atoms with Gasteiger partial charge in [-0.25, -0.2) is 0 Å². The molecule has 0 unspecified atom stereocenters. The quantitative estimate of drug-likeness (QED) is 0.330. The lowest BCUT2D eigenvalue weighted by molar-refractivity contribution is -0.0218. The summed E-state index contributed by atoms with van der Waals surface area (Å²) in [6.07, 6.45) is 4.23. The highest BCUT2D eigenvalue weighted by Gasteiger charge is 2.25. The maximum atomic E-state index is 6.39. The van der Waals surface area contributed by atoms with Crippen LogP contribution in [0.25, 0.3) is 5.57 Å². The number of hydrogen-bond acceptors (Lipinski definition) is 6. The first-order valence-corrected chi connectivity index (χ1v) is 12.6. The summed E-state index contributed by atoms with van der Waals surface area (Å²) in [4.78, 5) is 2.22. The van der Waals surface area contributed by atoms with Gasteiger partial charge in [-0.05, 0) is 48.3 Å². The van der Waals surface area contributed by atoms with Crippen molar-refractivity contribution in [2.24, 2.45) is 0 Å². The minimum Gasteiger partial charge on any atom is -0.382 e. The Morgan fingerprint density at radius 1 is 0.771 bits per heavy atom. The molecule has 2 aromatic rings. The van der Waals surface area contributed by atoms with E-state index in [2.05, 4.69) is 73.6 Å². The molecule has 3 rings (SSSR count). The fourth-order valence-electron chi connectivity index (χ4n) is 4.21. The van der Waals surface area contributed by atoms with Crippen LogP contribution < -0.4 is 0 Å². The van der Waals surface area contributed by atoms with E-state index in [4.69, 9.17) is 23.7 Å². The topological polar surface area (TPSA) is 49.4 Å². The molecule has 0 aromatic heterocycles. The summed E-state index contributed by atoms with van der Waals surface area (Å²) in [5.74, 6) is 0. The standard InChI is InChI=1S/C29H41NO5/c1-30(2)14-8-13-26-25-10-5-4-9-24(25)23-29(28-12-7-6-11-27(26)28)35-22-21-34-20-19-33-18-17-32-16-15-31-3/h4-7,9-13,29H,8,14-23H2,1-3H3/b26-13-/t29-/m0/s1. The van der Waals surface area contributed by atoms with E-state index in [1.807, 2.05) is 0 Å². The zero-order valence-corrected chi connectivity index (χ0v) is 21.5. The molecule has 0 heterocycles. The third kappa shape index (κ3) is 9.15. The molecule has 6 heteroatoms. The highest BCUT2D eigenvalue weighted by atomic mass is 16.6. The number of rotatable bonds is 16. The summed E-state index contributed by atoms with van der Waals surface area (Å²) < 4.78 is 28.0. The second-order valence-corrected chi connectivity index (χ2v) is 8.85. The Labute approximate surface area is 210 Å². The molecule has 1 atom stereocenters. The van der Waals surface area contributed by atoms with Gasteiger partial charge in [-0.1, -0.05) is 54.6 Å². The molecule has 1 aliphatic carbocycles. The van der Waals surface area contributed by atoms with E-state index in [1.165, 1.54) is 27.8 Å². The van der Waals surface area contributed by atoms with Gasteiger partial charge in [0.1, 0.15) is 0 Å². The van der Waals surface area contributed by atoms with E-state index in [-0.39, 0.29) is 6.10 Å². The minimum atomic E-state index is -0.00352. The zero-order chi connectivity index (χ0) is 24.7. The van der Waals surface area contributed by atoms with E-state index in [0.29, 0.717) is 52.9 Å². The lowest BCUT2D eigenvalue weighted by Gasteiger charge is -2.19. The van der Waals surface area contributed by atoms with E-state index >= 15 is 0 Å². The van der Waals surface area contributed by atoms with E-state index in [1.54, 1.807) is 7.11 Å². The largest absolute Gasteiger partial charge is 0.382 e. The number of nitrogens with zero attached hydrogens (tertiary/aromatic N) is 1. The molecule has 2 aromatic carbocycles. The van der Waals surface area contributed by atoms with Crippen LogP contribution in [0.15, 0.2) is 54.6 Å². The highest BCUT2D eigenvalue weighted by molar-refractivity contribution is 5.84. The van der Waals surface area contributed by atoms with Crippen molar-refractivity contribution in [2.45, 2.75) is 18.9 Å². The number of methoxy groups -OCH3 is 1. The van der Waals surface area contributed by atoms with E-state index in [0.717, 1.165) is 19.4 Å². The summed E-state index contributed by atoms with van der Waals surface area (Å²) in [6, 6.07) is 17.4. The average molecular weight is 484 g/mol. The number of ether oxygens (including phenoxy) is 5. The van der Waals surface area contributed by atoms with Crippen LogP contribution in [-0.4, -0.2) is 85.5 Å². The Morgan fingerprint density at radius 2 is 1.37 bits per heavy atom. The molecule has 192 valence electrons. The van der Waals surface area contributed by atoms with Gasteiger partial charge in [0.15, 0.2) is 0 Å². The minimum absolute atomic E-state index is 0.00352. The third-order valence-corrected chi connectivity index (χ3v) is 5.96. The molecule has 0 saturated heterocycles. The molecule has 1 aliphatic rings. The first-order chi connectivity index (χ1) is 17.2. The maximum Gasteiger partial charge on any atom is 0.0872 e. The van der Waals surface area contributed by atoms with Crippen LogP contribution in [0.1, 0.15) is 34.8 Å². The molecular formula is C29H41NO5. The van der Waals surface area contributed by atoms with Gasteiger partial charge in [-0.2, -0.15) is 0 Å². The Morgan fingerprint density at radius 3 is 2.06 bits per heavy atom. The van der Waals surface area contributed by atoms with Crippen LogP contribution in [0.3, 0.4) is 0 Å². The summed E-state index contributed by atoms with van der Waals surface area (Å²) in [5, 5.41) is 0. The van der Waals surface area contributed by atoms with Gasteiger partial charge in [0.2, 0.25) is 0 Å². The third-order valence-electron chi connectivity index (χ3n) is 5.96. The number of benzene rings is 2. The van der Waals surface area contributed by atoms with Crippen LogP contribution in [0.5, 0.6) is 0 Å². The summed E-state index contributed by atoms with van der Waals surface area (Å²) in [7, 11) is 5.89. The molecular weight excluding hydrogens is 442 g/mol. The van der Waals surface area contributed by atoms with Gasteiger partial charge in [-0.3, -0.25) is 0 Å². The molecule has 0 fully saturated rings. The van der Waals surface area contributed by atoms with E-state index in [9.17, 15) is 0 Å². The molecule has 6 nitrogen and oxygen atoms in total. The Hall–Kier alpha value is -2.06. The monoisotopic (exact) mass is 483 g/mol. The number of fused-ring (bicyclic) bond motifs is 2. The molecule has 0 N–H and O–H groups in total. The second kappa shape index (κ2) is 15.8. The van der Waals surface area contributed by atoms with Gasteiger partial charge in [-0.15, -0.1) is 0 Å². The second-order valence-electron chi connectivity index (χ2n) is 8.85. The normalized spacial score (nSPS) is 16.3. The van der Waals surface area contributed by atoms with Crippen molar-refractivity contribution in [1.82, 2.24) is 4.90 Å². The maximum absolute atomic E-state index is 6.39. The van der Waals surface area contributed by atoms with Crippen LogP contribution >= 0.6 is 0 Å². The van der Waals surface area contributed by atoms with E-state index < -0.39 is 0 Å². The molecule has 0 bridgehead atoms. The lowest BCUT2D eigenvalue weighted by atomic mass is 9.93. The molecule has 0 aliphatic heterocycles. The molecule has 35 heavy (non-hydrogen) atoms. The van der Waals surface area contributed by atoms with Crippen molar-refractivity contribution in [3.63, 3.8) is 0 Å². The van der Waals surface area contributed by atoms with Gasteiger partial charge in [0.25, 0.3) is 0 Å². The Bertz CT molecular complexity index is 898. The zero-order valence-electron chi connectivity index (χ0n) is 21.5. The fourth-order valence-corrected chi connectivity index (χ4v) is 4.21. The summed E-state index contributed by atoms with van der Waals surface area (Å²) in [5.41, 5.74) is 6.46. The summed E-state index contributed by atoms with van der Waals surface area (Å²) in [6.45, 7) is 5.53.